The molecule has 0 spiro atoms. The molecule has 0 radical (unpaired) electrons. The molecule has 0 bridgehead atoms. The number of H-pyrrole nitrogens is 1. The minimum atomic E-state index is 0.377. The Morgan fingerprint density at radius 1 is 1.36 bits per heavy atom. The summed E-state index contributed by atoms with van der Waals surface area (Å²) in [5.41, 5.74) is 3.46. The van der Waals surface area contributed by atoms with Crippen LogP contribution in [-0.4, -0.2) is 10.1 Å². The van der Waals surface area contributed by atoms with Crippen LogP contribution in [0.2, 0.25) is 0 Å². The molecule has 0 saturated heterocycles. The molecule has 1 fully saturated rings. The van der Waals surface area contributed by atoms with Crippen molar-refractivity contribution in [2.24, 2.45) is 0 Å². The van der Waals surface area contributed by atoms with Crippen molar-refractivity contribution < 1.29 is 5.11 Å². The molecule has 1 aliphatic carbocycles. The number of phenols is 1. The topological polar surface area (TPSA) is 36.0 Å². The minimum Gasteiger partial charge on any atom is -0.508 e. The molecule has 0 atom stereocenters. The van der Waals surface area contributed by atoms with Crippen LogP contribution in [0.25, 0.3) is 10.9 Å². The Balaban J connectivity index is 2.31. The Bertz CT molecular complexity index is 494. The second-order valence-electron chi connectivity index (χ2n) is 4.15. The standard InChI is InChI=1S/C12H13NO/c1-7-11(14)5-4-9-10(8-2-3-8)6-13-12(7)9/h4-6,8,13-14H,2-3H2,1H3. The van der Waals surface area contributed by atoms with Gasteiger partial charge >= 0.3 is 0 Å². The molecule has 2 heteroatoms. The van der Waals surface area contributed by atoms with E-state index in [1.54, 1.807) is 6.07 Å². The Morgan fingerprint density at radius 2 is 2.14 bits per heavy atom. The molecule has 1 heterocycles. The van der Waals surface area contributed by atoms with Crippen molar-refractivity contribution in [3.05, 3.63) is 29.5 Å². The summed E-state index contributed by atoms with van der Waals surface area (Å²) in [4.78, 5) is 3.26. The molecule has 1 saturated carbocycles. The molecule has 14 heavy (non-hydrogen) atoms. The van der Waals surface area contributed by atoms with E-state index in [9.17, 15) is 5.11 Å². The SMILES string of the molecule is Cc1c(O)ccc2c(C3CC3)c[nH]c12. The van der Waals surface area contributed by atoms with E-state index in [1.165, 1.54) is 23.8 Å². The molecular weight excluding hydrogens is 174 g/mol. The largest absolute Gasteiger partial charge is 0.508 e. The molecule has 2 aromatic rings. The van der Waals surface area contributed by atoms with E-state index in [0.717, 1.165) is 17.0 Å². The second kappa shape index (κ2) is 2.53. The molecule has 0 amide bonds. The van der Waals surface area contributed by atoms with Crippen LogP contribution in [0.3, 0.4) is 0 Å². The van der Waals surface area contributed by atoms with Gasteiger partial charge in [0, 0.05) is 17.1 Å². The summed E-state index contributed by atoms with van der Waals surface area (Å²) in [6.45, 7) is 1.95. The normalized spacial score (nSPS) is 16.4. The lowest BCUT2D eigenvalue weighted by atomic mass is 10.1. The van der Waals surface area contributed by atoms with Crippen LogP contribution in [0.5, 0.6) is 5.75 Å². The van der Waals surface area contributed by atoms with Gasteiger partial charge in [-0.05, 0) is 43.4 Å². The maximum absolute atomic E-state index is 9.56. The number of phenolic OH excluding ortho intramolecular Hbond substituents is 1. The summed E-state index contributed by atoms with van der Waals surface area (Å²) in [5.74, 6) is 1.13. The van der Waals surface area contributed by atoms with Crippen LogP contribution in [0.1, 0.15) is 29.9 Å². The van der Waals surface area contributed by atoms with Crippen LogP contribution in [0.15, 0.2) is 18.3 Å². The maximum Gasteiger partial charge on any atom is 0.120 e. The fourth-order valence-electron chi connectivity index (χ4n) is 2.09. The van der Waals surface area contributed by atoms with Gasteiger partial charge in [0.15, 0.2) is 0 Å². The van der Waals surface area contributed by atoms with E-state index in [-0.39, 0.29) is 0 Å². The lowest BCUT2D eigenvalue weighted by Gasteiger charge is -2.00. The molecule has 3 rings (SSSR count). The number of aromatic hydroxyl groups is 1. The molecule has 2 N–H and O–H groups in total. The number of rotatable bonds is 1. The maximum atomic E-state index is 9.56. The highest BCUT2D eigenvalue weighted by atomic mass is 16.3. The van der Waals surface area contributed by atoms with Crippen LogP contribution in [0.4, 0.5) is 0 Å². The minimum absolute atomic E-state index is 0.377. The molecular formula is C12H13NO. The van der Waals surface area contributed by atoms with Crippen molar-refractivity contribution in [1.29, 1.82) is 0 Å². The van der Waals surface area contributed by atoms with Crippen molar-refractivity contribution in [3.8, 4) is 5.75 Å². The third kappa shape index (κ3) is 0.969. The fourth-order valence-corrected chi connectivity index (χ4v) is 2.09. The van der Waals surface area contributed by atoms with Crippen LogP contribution in [0, 0.1) is 6.92 Å². The zero-order chi connectivity index (χ0) is 9.71. The van der Waals surface area contributed by atoms with Crippen molar-refractivity contribution in [2.75, 3.05) is 0 Å². The summed E-state index contributed by atoms with van der Waals surface area (Å²) in [7, 11) is 0. The number of aromatic amines is 1. The van der Waals surface area contributed by atoms with Gasteiger partial charge in [0.25, 0.3) is 0 Å². The van der Waals surface area contributed by atoms with E-state index in [1.807, 2.05) is 13.0 Å². The van der Waals surface area contributed by atoms with Gasteiger partial charge < -0.3 is 10.1 Å². The number of aromatic nitrogens is 1. The van der Waals surface area contributed by atoms with E-state index >= 15 is 0 Å². The van der Waals surface area contributed by atoms with Crippen LogP contribution in [-0.2, 0) is 0 Å². The van der Waals surface area contributed by atoms with Crippen LogP contribution >= 0.6 is 0 Å². The monoisotopic (exact) mass is 187 g/mol. The summed E-state index contributed by atoms with van der Waals surface area (Å²) in [6.07, 6.45) is 4.72. The second-order valence-corrected chi connectivity index (χ2v) is 4.15. The third-order valence-corrected chi connectivity index (χ3v) is 3.14. The quantitative estimate of drug-likeness (QED) is 0.707. The van der Waals surface area contributed by atoms with Gasteiger partial charge in [-0.3, -0.25) is 0 Å². The number of benzene rings is 1. The first-order valence-electron chi connectivity index (χ1n) is 5.07. The Morgan fingerprint density at radius 3 is 2.86 bits per heavy atom. The number of aryl methyl sites for hydroxylation is 1. The zero-order valence-corrected chi connectivity index (χ0v) is 8.17. The lowest BCUT2D eigenvalue weighted by molar-refractivity contribution is 0.472. The summed E-state index contributed by atoms with van der Waals surface area (Å²) in [6, 6.07) is 3.80. The number of hydrogen-bond acceptors (Lipinski definition) is 1. The third-order valence-electron chi connectivity index (χ3n) is 3.14. The summed E-state index contributed by atoms with van der Waals surface area (Å²) < 4.78 is 0. The van der Waals surface area contributed by atoms with Gasteiger partial charge in [-0.25, -0.2) is 0 Å². The molecule has 72 valence electrons. The van der Waals surface area contributed by atoms with E-state index < -0.39 is 0 Å². The van der Waals surface area contributed by atoms with Gasteiger partial charge in [-0.2, -0.15) is 0 Å². The lowest BCUT2D eigenvalue weighted by Crippen LogP contribution is -1.79. The van der Waals surface area contributed by atoms with Crippen molar-refractivity contribution in [3.63, 3.8) is 0 Å². The average molecular weight is 187 g/mol. The Labute approximate surface area is 82.6 Å². The van der Waals surface area contributed by atoms with Gasteiger partial charge in [0.2, 0.25) is 0 Å². The van der Waals surface area contributed by atoms with Gasteiger partial charge in [-0.1, -0.05) is 0 Å². The first-order valence-corrected chi connectivity index (χ1v) is 5.07. The molecule has 1 aliphatic rings. The fraction of sp³-hybridized carbons (Fsp3) is 0.333. The predicted octanol–water partition coefficient (Wildman–Crippen LogP) is 3.06. The molecule has 0 unspecified atom stereocenters. The van der Waals surface area contributed by atoms with Crippen molar-refractivity contribution in [1.82, 2.24) is 4.98 Å². The number of hydrogen-bond donors (Lipinski definition) is 2. The number of nitrogens with one attached hydrogen (secondary N) is 1. The zero-order valence-electron chi connectivity index (χ0n) is 8.17. The van der Waals surface area contributed by atoms with Crippen molar-refractivity contribution >= 4 is 10.9 Å². The predicted molar refractivity (Wildman–Crippen MR) is 56.7 cm³/mol. The van der Waals surface area contributed by atoms with Gasteiger partial charge in [0.1, 0.15) is 5.75 Å². The van der Waals surface area contributed by atoms with E-state index in [4.69, 9.17) is 0 Å². The molecule has 2 nitrogen and oxygen atoms in total. The Hall–Kier alpha value is -1.44. The molecule has 0 aliphatic heterocycles. The first kappa shape index (κ1) is 7.92. The highest BCUT2D eigenvalue weighted by molar-refractivity contribution is 5.88. The van der Waals surface area contributed by atoms with E-state index in [0.29, 0.717) is 5.75 Å². The molecule has 1 aromatic heterocycles. The van der Waals surface area contributed by atoms with Gasteiger partial charge in [0.05, 0.1) is 5.52 Å². The smallest absolute Gasteiger partial charge is 0.120 e. The van der Waals surface area contributed by atoms with Gasteiger partial charge in [-0.15, -0.1) is 0 Å². The van der Waals surface area contributed by atoms with Crippen LogP contribution < -0.4 is 0 Å². The van der Waals surface area contributed by atoms with Crippen molar-refractivity contribution in [2.45, 2.75) is 25.7 Å². The van der Waals surface area contributed by atoms with E-state index in [2.05, 4.69) is 11.2 Å². The summed E-state index contributed by atoms with van der Waals surface area (Å²) >= 11 is 0. The first-order chi connectivity index (χ1) is 6.77. The average Bonchev–Trinajstić information content (AvgIpc) is 2.93. The summed E-state index contributed by atoms with van der Waals surface area (Å²) in [5, 5.41) is 10.8. The Kier molecular flexibility index (Phi) is 1.43. The molecule has 1 aromatic carbocycles. The highest BCUT2D eigenvalue weighted by Crippen LogP contribution is 2.44. The number of fused-ring (bicyclic) bond motifs is 1. The highest BCUT2D eigenvalue weighted by Gasteiger charge is 2.26.